The highest BCUT2D eigenvalue weighted by Crippen LogP contribution is 2.39. The maximum atomic E-state index is 13.3. The molecule has 36 heavy (non-hydrogen) atoms. The Morgan fingerprint density at radius 3 is 2.44 bits per heavy atom. The van der Waals surface area contributed by atoms with E-state index in [4.69, 9.17) is 37.4 Å². The van der Waals surface area contributed by atoms with Crippen LogP contribution in [0.15, 0.2) is 35.2 Å². The maximum absolute atomic E-state index is 13.3. The zero-order valence-corrected chi connectivity index (χ0v) is 22.2. The monoisotopic (exact) mass is 556 g/mol. The first kappa shape index (κ1) is 26.7. The summed E-state index contributed by atoms with van der Waals surface area (Å²) in [6.45, 7) is 6.85. The van der Waals surface area contributed by atoms with Crippen molar-refractivity contribution in [2.24, 2.45) is 0 Å². The fourth-order valence-corrected chi connectivity index (χ4v) is 6.08. The molecule has 1 fully saturated rings. The van der Waals surface area contributed by atoms with Gasteiger partial charge in [-0.3, -0.25) is 9.69 Å². The number of rotatable bonds is 8. The molecule has 0 radical (unpaired) electrons. The maximum Gasteiger partial charge on any atom is 0.342 e. The minimum atomic E-state index is -4.28. The largest absolute Gasteiger partial charge is 0.492 e. The highest BCUT2D eigenvalue weighted by atomic mass is 35.5. The SMILES string of the molecule is CC(C)c1cc(OCCN2CCOCC2)cc2c1C(=O)N(COC(=O)c1c(Cl)cccc1Cl)S2(=O)=O. The number of benzene rings is 2. The first-order valence-corrected chi connectivity index (χ1v) is 13.6. The highest BCUT2D eigenvalue weighted by Gasteiger charge is 2.44. The minimum Gasteiger partial charge on any atom is -0.492 e. The Morgan fingerprint density at radius 1 is 1.14 bits per heavy atom. The van der Waals surface area contributed by atoms with Crippen molar-refractivity contribution in [1.29, 1.82) is 0 Å². The second kappa shape index (κ2) is 10.9. The summed E-state index contributed by atoms with van der Waals surface area (Å²) in [4.78, 5) is 27.8. The van der Waals surface area contributed by atoms with Gasteiger partial charge < -0.3 is 14.2 Å². The second-order valence-corrected chi connectivity index (χ2v) is 11.3. The normalized spacial score (nSPS) is 17.4. The van der Waals surface area contributed by atoms with E-state index in [9.17, 15) is 18.0 Å². The molecule has 2 heterocycles. The Bertz CT molecular complexity index is 1260. The summed E-state index contributed by atoms with van der Waals surface area (Å²) in [5.74, 6) is -1.53. The van der Waals surface area contributed by atoms with Gasteiger partial charge in [0.1, 0.15) is 17.3 Å². The standard InChI is InChI=1S/C24H26Cl2N2O7S/c1-15(2)17-12-16(34-11-8-27-6-9-33-10-7-27)13-20-21(17)23(29)28(36(20,31)32)14-35-24(30)22-18(25)4-3-5-19(22)26/h3-5,12-13,15H,6-11,14H2,1-2H3. The molecule has 0 saturated carbocycles. The van der Waals surface area contributed by atoms with Crippen molar-refractivity contribution in [3.8, 4) is 5.75 Å². The van der Waals surface area contributed by atoms with Gasteiger partial charge in [0.15, 0.2) is 6.73 Å². The predicted molar refractivity (Wildman–Crippen MR) is 133 cm³/mol. The molecule has 2 aliphatic rings. The molecule has 12 heteroatoms. The van der Waals surface area contributed by atoms with E-state index in [-0.39, 0.29) is 32.0 Å². The zero-order chi connectivity index (χ0) is 26.0. The Kier molecular flexibility index (Phi) is 8.11. The first-order chi connectivity index (χ1) is 17.1. The number of hydrogen-bond acceptors (Lipinski definition) is 8. The van der Waals surface area contributed by atoms with Gasteiger partial charge in [-0.05, 0) is 29.7 Å². The van der Waals surface area contributed by atoms with Crippen LogP contribution in [-0.4, -0.2) is 75.7 Å². The van der Waals surface area contributed by atoms with E-state index < -0.39 is 28.6 Å². The Balaban J connectivity index is 1.54. The smallest absolute Gasteiger partial charge is 0.342 e. The van der Waals surface area contributed by atoms with Crippen molar-refractivity contribution in [2.75, 3.05) is 46.2 Å². The molecule has 1 saturated heterocycles. The molecule has 194 valence electrons. The van der Waals surface area contributed by atoms with Crippen LogP contribution in [0.4, 0.5) is 0 Å². The van der Waals surface area contributed by atoms with E-state index in [2.05, 4.69) is 4.90 Å². The molecule has 2 aliphatic heterocycles. The third-order valence-electron chi connectivity index (χ3n) is 6.00. The van der Waals surface area contributed by atoms with Crippen molar-refractivity contribution in [3.63, 3.8) is 0 Å². The lowest BCUT2D eigenvalue weighted by Gasteiger charge is -2.26. The van der Waals surface area contributed by atoms with Crippen LogP contribution >= 0.6 is 23.2 Å². The average molecular weight is 557 g/mol. The van der Waals surface area contributed by atoms with Gasteiger partial charge in [0.05, 0.1) is 34.4 Å². The first-order valence-electron chi connectivity index (χ1n) is 11.4. The number of carbonyl (C=O) groups excluding carboxylic acids is 2. The molecule has 9 nitrogen and oxygen atoms in total. The summed E-state index contributed by atoms with van der Waals surface area (Å²) in [5, 5.41) is 0.0970. The van der Waals surface area contributed by atoms with Gasteiger partial charge in [-0.1, -0.05) is 43.1 Å². The number of esters is 1. The fraction of sp³-hybridized carbons (Fsp3) is 0.417. The summed E-state index contributed by atoms with van der Waals surface area (Å²) in [5.41, 5.74) is 0.476. The van der Waals surface area contributed by atoms with E-state index in [1.54, 1.807) is 12.1 Å². The lowest BCUT2D eigenvalue weighted by molar-refractivity contribution is 0.0322. The van der Waals surface area contributed by atoms with Crippen molar-refractivity contribution >= 4 is 45.1 Å². The van der Waals surface area contributed by atoms with Crippen molar-refractivity contribution in [2.45, 2.75) is 24.7 Å². The number of morpholine rings is 1. The van der Waals surface area contributed by atoms with Gasteiger partial charge in [0.2, 0.25) is 0 Å². The lowest BCUT2D eigenvalue weighted by Crippen LogP contribution is -2.38. The Labute approximate surface area is 219 Å². The molecule has 0 spiro atoms. The van der Waals surface area contributed by atoms with E-state index in [1.807, 2.05) is 13.8 Å². The summed E-state index contributed by atoms with van der Waals surface area (Å²) >= 11 is 12.1. The van der Waals surface area contributed by atoms with E-state index >= 15 is 0 Å². The third-order valence-corrected chi connectivity index (χ3v) is 8.36. The number of amides is 1. The van der Waals surface area contributed by atoms with Crippen LogP contribution in [0.5, 0.6) is 5.75 Å². The quantitative estimate of drug-likeness (QED) is 0.452. The van der Waals surface area contributed by atoms with Crippen LogP contribution in [0.1, 0.15) is 46.0 Å². The summed E-state index contributed by atoms with van der Waals surface area (Å²) < 4.78 is 43.5. The second-order valence-electron chi connectivity index (χ2n) is 8.66. The topological polar surface area (TPSA) is 102 Å². The number of carbonyl (C=O) groups is 2. The van der Waals surface area contributed by atoms with Crippen molar-refractivity contribution in [3.05, 3.63) is 57.1 Å². The Hall–Kier alpha value is -2.37. The van der Waals surface area contributed by atoms with Crippen LogP contribution in [0.3, 0.4) is 0 Å². The molecule has 0 atom stereocenters. The Morgan fingerprint density at radius 2 is 1.81 bits per heavy atom. The molecule has 0 unspecified atom stereocenters. The van der Waals surface area contributed by atoms with Gasteiger partial charge in [-0.25, -0.2) is 13.2 Å². The van der Waals surface area contributed by atoms with Gasteiger partial charge in [0, 0.05) is 25.7 Å². The number of halogens is 2. The number of nitrogens with zero attached hydrogens (tertiary/aromatic N) is 2. The number of ether oxygens (including phenoxy) is 3. The van der Waals surface area contributed by atoms with Crippen molar-refractivity contribution in [1.82, 2.24) is 9.21 Å². The van der Waals surface area contributed by atoms with Crippen LogP contribution < -0.4 is 4.74 Å². The molecular weight excluding hydrogens is 531 g/mol. The minimum absolute atomic E-state index is 0.0485. The van der Waals surface area contributed by atoms with Gasteiger partial charge in [-0.15, -0.1) is 0 Å². The van der Waals surface area contributed by atoms with E-state index in [1.165, 1.54) is 18.2 Å². The molecule has 2 aromatic rings. The molecule has 2 aromatic carbocycles. The fourth-order valence-electron chi connectivity index (χ4n) is 4.06. The molecule has 0 aromatic heterocycles. The molecular formula is C24H26Cl2N2O7S. The van der Waals surface area contributed by atoms with Crippen LogP contribution in [-0.2, 0) is 19.5 Å². The summed E-state index contributed by atoms with van der Waals surface area (Å²) in [7, 11) is -4.28. The molecule has 4 rings (SSSR count). The third kappa shape index (κ3) is 5.33. The number of sulfonamides is 1. The van der Waals surface area contributed by atoms with Gasteiger partial charge in [-0.2, -0.15) is 4.31 Å². The summed E-state index contributed by atoms with van der Waals surface area (Å²) in [6, 6.07) is 7.50. The zero-order valence-electron chi connectivity index (χ0n) is 19.8. The van der Waals surface area contributed by atoms with Crippen LogP contribution in [0.25, 0.3) is 0 Å². The van der Waals surface area contributed by atoms with E-state index in [0.29, 0.717) is 42.0 Å². The van der Waals surface area contributed by atoms with E-state index in [0.717, 1.165) is 13.1 Å². The summed E-state index contributed by atoms with van der Waals surface area (Å²) in [6.07, 6.45) is 0. The molecule has 0 N–H and O–H groups in total. The molecule has 0 bridgehead atoms. The number of hydrogen-bond donors (Lipinski definition) is 0. The number of fused-ring (bicyclic) bond motifs is 1. The average Bonchev–Trinajstić information content (AvgIpc) is 3.02. The molecule has 0 aliphatic carbocycles. The molecule has 1 amide bonds. The van der Waals surface area contributed by atoms with Crippen LogP contribution in [0, 0.1) is 0 Å². The highest BCUT2D eigenvalue weighted by molar-refractivity contribution is 7.90. The predicted octanol–water partition coefficient (Wildman–Crippen LogP) is 3.79. The van der Waals surface area contributed by atoms with Gasteiger partial charge in [0.25, 0.3) is 15.9 Å². The lowest BCUT2D eigenvalue weighted by atomic mass is 9.96. The van der Waals surface area contributed by atoms with Crippen LogP contribution in [0.2, 0.25) is 10.0 Å². The van der Waals surface area contributed by atoms with Gasteiger partial charge >= 0.3 is 5.97 Å². The van der Waals surface area contributed by atoms with Crippen molar-refractivity contribution < 1.29 is 32.2 Å².